The third kappa shape index (κ3) is 3.94. The van der Waals surface area contributed by atoms with Gasteiger partial charge in [0.1, 0.15) is 5.75 Å². The van der Waals surface area contributed by atoms with Crippen LogP contribution in [-0.4, -0.2) is 43.6 Å². The van der Waals surface area contributed by atoms with E-state index in [0.717, 1.165) is 5.69 Å². The van der Waals surface area contributed by atoms with Crippen molar-refractivity contribution >= 4 is 17.7 Å². The van der Waals surface area contributed by atoms with Gasteiger partial charge in [0.2, 0.25) is 5.16 Å². The lowest BCUT2D eigenvalue weighted by Crippen LogP contribution is -2.17. The molecule has 2 aromatic rings. The molecule has 0 aliphatic rings. The number of aromatic hydroxyl groups is 1. The molecule has 0 radical (unpaired) electrons. The smallest absolute Gasteiger partial charge is 0.309 e. The average Bonchev–Trinajstić information content (AvgIpc) is 2.94. The second kappa shape index (κ2) is 7.07. The molecule has 0 bridgehead atoms. The standard InChI is InChI=1S/C13H16N4O3S/c1-3-20-12(19)9(2)8-21-13-14-15-16-17(13)10-4-6-11(18)7-5-10/h4-7,9,18H,3,8H2,1-2H3. The number of benzene rings is 1. The van der Waals surface area contributed by atoms with Crippen LogP contribution in [0.25, 0.3) is 5.69 Å². The molecule has 112 valence electrons. The fraction of sp³-hybridized carbons (Fsp3) is 0.385. The third-order valence-corrected chi connectivity index (χ3v) is 3.87. The summed E-state index contributed by atoms with van der Waals surface area (Å²) < 4.78 is 6.52. The van der Waals surface area contributed by atoms with Gasteiger partial charge in [-0.1, -0.05) is 18.7 Å². The van der Waals surface area contributed by atoms with Crippen molar-refractivity contribution < 1.29 is 14.6 Å². The molecule has 0 spiro atoms. The average molecular weight is 308 g/mol. The van der Waals surface area contributed by atoms with Gasteiger partial charge in [-0.3, -0.25) is 4.79 Å². The minimum atomic E-state index is -0.236. The van der Waals surface area contributed by atoms with Crippen LogP contribution in [0.2, 0.25) is 0 Å². The quantitative estimate of drug-likeness (QED) is 0.641. The fourth-order valence-electron chi connectivity index (χ4n) is 1.58. The van der Waals surface area contributed by atoms with E-state index in [1.54, 1.807) is 42.8 Å². The first-order chi connectivity index (χ1) is 10.1. The van der Waals surface area contributed by atoms with Gasteiger partial charge in [0.15, 0.2) is 0 Å². The van der Waals surface area contributed by atoms with Gasteiger partial charge in [0.05, 0.1) is 18.2 Å². The predicted octanol–water partition coefficient (Wildman–Crippen LogP) is 1.66. The van der Waals surface area contributed by atoms with Gasteiger partial charge < -0.3 is 9.84 Å². The van der Waals surface area contributed by atoms with Crippen LogP contribution in [0.3, 0.4) is 0 Å². The van der Waals surface area contributed by atoms with Crippen LogP contribution in [0.5, 0.6) is 5.75 Å². The first kappa shape index (κ1) is 15.3. The fourth-order valence-corrected chi connectivity index (χ4v) is 2.47. The Morgan fingerprint density at radius 3 is 2.81 bits per heavy atom. The van der Waals surface area contributed by atoms with Crippen molar-refractivity contribution in [1.82, 2.24) is 20.2 Å². The van der Waals surface area contributed by atoms with Gasteiger partial charge in [0, 0.05) is 5.75 Å². The molecule has 0 saturated carbocycles. The molecule has 0 saturated heterocycles. The molecule has 0 fully saturated rings. The molecule has 7 nitrogen and oxygen atoms in total. The Balaban J connectivity index is 2.04. The van der Waals surface area contributed by atoms with E-state index in [-0.39, 0.29) is 17.6 Å². The van der Waals surface area contributed by atoms with Crippen LogP contribution >= 0.6 is 11.8 Å². The molecule has 1 unspecified atom stereocenters. The van der Waals surface area contributed by atoms with Crippen molar-refractivity contribution in [3.63, 3.8) is 0 Å². The van der Waals surface area contributed by atoms with Crippen molar-refractivity contribution in [3.8, 4) is 11.4 Å². The number of carbonyl (C=O) groups excluding carboxylic acids is 1. The van der Waals surface area contributed by atoms with Crippen molar-refractivity contribution in [2.75, 3.05) is 12.4 Å². The molecule has 1 heterocycles. The number of nitrogens with zero attached hydrogens (tertiary/aromatic N) is 4. The van der Waals surface area contributed by atoms with Crippen LogP contribution in [0.4, 0.5) is 0 Å². The van der Waals surface area contributed by atoms with E-state index in [4.69, 9.17) is 4.74 Å². The number of thioether (sulfide) groups is 1. The summed E-state index contributed by atoms with van der Waals surface area (Å²) in [5.41, 5.74) is 0.740. The van der Waals surface area contributed by atoms with E-state index in [1.807, 2.05) is 0 Å². The van der Waals surface area contributed by atoms with E-state index >= 15 is 0 Å². The van der Waals surface area contributed by atoms with Crippen molar-refractivity contribution in [2.45, 2.75) is 19.0 Å². The zero-order valence-electron chi connectivity index (χ0n) is 11.8. The van der Waals surface area contributed by atoms with Crippen LogP contribution in [0.15, 0.2) is 29.4 Å². The minimum absolute atomic E-state index is 0.178. The highest BCUT2D eigenvalue weighted by Gasteiger charge is 2.17. The topological polar surface area (TPSA) is 90.1 Å². The lowest BCUT2D eigenvalue weighted by atomic mass is 10.2. The Bertz CT molecular complexity index is 600. The maximum atomic E-state index is 11.6. The molecule has 1 N–H and O–H groups in total. The summed E-state index contributed by atoms with van der Waals surface area (Å²) in [5.74, 6) is 0.239. The molecule has 21 heavy (non-hydrogen) atoms. The second-order valence-electron chi connectivity index (χ2n) is 4.35. The monoisotopic (exact) mass is 308 g/mol. The number of carbonyl (C=O) groups is 1. The van der Waals surface area contributed by atoms with E-state index < -0.39 is 0 Å². The van der Waals surface area contributed by atoms with Gasteiger partial charge in [-0.15, -0.1) is 5.10 Å². The SMILES string of the molecule is CCOC(=O)C(C)CSc1nnnn1-c1ccc(O)cc1. The number of hydrogen-bond acceptors (Lipinski definition) is 7. The number of phenols is 1. The molecule has 8 heteroatoms. The highest BCUT2D eigenvalue weighted by molar-refractivity contribution is 7.99. The molecule has 0 aliphatic heterocycles. The lowest BCUT2D eigenvalue weighted by molar-refractivity contribution is -0.146. The highest BCUT2D eigenvalue weighted by atomic mass is 32.2. The van der Waals surface area contributed by atoms with Crippen LogP contribution in [0.1, 0.15) is 13.8 Å². The Morgan fingerprint density at radius 2 is 2.14 bits per heavy atom. The second-order valence-corrected chi connectivity index (χ2v) is 5.34. The Labute approximate surface area is 126 Å². The number of hydrogen-bond donors (Lipinski definition) is 1. The van der Waals surface area contributed by atoms with E-state index in [0.29, 0.717) is 17.5 Å². The Kier molecular flexibility index (Phi) is 5.15. The molecule has 2 rings (SSSR count). The first-order valence-electron chi connectivity index (χ1n) is 6.49. The summed E-state index contributed by atoms with van der Waals surface area (Å²) in [6, 6.07) is 6.55. The van der Waals surface area contributed by atoms with Crippen molar-refractivity contribution in [1.29, 1.82) is 0 Å². The normalized spacial score (nSPS) is 12.1. The number of phenolic OH excluding ortho intramolecular Hbond substituents is 1. The highest BCUT2D eigenvalue weighted by Crippen LogP contribution is 2.22. The van der Waals surface area contributed by atoms with Crippen molar-refractivity contribution in [2.24, 2.45) is 5.92 Å². The van der Waals surface area contributed by atoms with Crippen LogP contribution in [-0.2, 0) is 9.53 Å². The van der Waals surface area contributed by atoms with E-state index in [9.17, 15) is 9.90 Å². The lowest BCUT2D eigenvalue weighted by Gasteiger charge is -2.09. The van der Waals surface area contributed by atoms with E-state index in [2.05, 4.69) is 15.5 Å². The molecule has 1 aromatic heterocycles. The van der Waals surface area contributed by atoms with Crippen LogP contribution < -0.4 is 0 Å². The number of esters is 1. The summed E-state index contributed by atoms with van der Waals surface area (Å²) in [5, 5.41) is 21.4. The molecule has 0 amide bonds. The number of aromatic nitrogens is 4. The summed E-state index contributed by atoms with van der Waals surface area (Å²) in [6.45, 7) is 3.96. The zero-order chi connectivity index (χ0) is 15.2. The maximum Gasteiger partial charge on any atom is 0.309 e. The number of ether oxygens (including phenoxy) is 1. The van der Waals surface area contributed by atoms with Crippen molar-refractivity contribution in [3.05, 3.63) is 24.3 Å². The van der Waals surface area contributed by atoms with Gasteiger partial charge in [-0.2, -0.15) is 4.68 Å². The van der Waals surface area contributed by atoms with Gasteiger partial charge in [-0.05, 0) is 41.6 Å². The number of tetrazole rings is 1. The summed E-state index contributed by atoms with van der Waals surface area (Å²) in [4.78, 5) is 11.6. The Hall–Kier alpha value is -2.09. The molecular weight excluding hydrogens is 292 g/mol. The minimum Gasteiger partial charge on any atom is -0.508 e. The summed E-state index contributed by atoms with van der Waals surface area (Å²) >= 11 is 1.38. The third-order valence-electron chi connectivity index (χ3n) is 2.69. The first-order valence-corrected chi connectivity index (χ1v) is 7.47. The van der Waals surface area contributed by atoms with Gasteiger partial charge in [0.25, 0.3) is 0 Å². The molecular formula is C13H16N4O3S. The predicted molar refractivity (Wildman–Crippen MR) is 77.3 cm³/mol. The largest absolute Gasteiger partial charge is 0.508 e. The maximum absolute atomic E-state index is 11.6. The summed E-state index contributed by atoms with van der Waals surface area (Å²) in [7, 11) is 0. The van der Waals surface area contributed by atoms with Crippen LogP contribution in [0, 0.1) is 5.92 Å². The molecule has 0 aliphatic carbocycles. The zero-order valence-corrected chi connectivity index (χ0v) is 12.6. The van der Waals surface area contributed by atoms with E-state index in [1.165, 1.54) is 11.8 Å². The number of rotatable bonds is 6. The van der Waals surface area contributed by atoms with Gasteiger partial charge in [-0.25, -0.2) is 0 Å². The molecule has 1 aromatic carbocycles. The Morgan fingerprint density at radius 1 is 1.43 bits per heavy atom. The summed E-state index contributed by atoms with van der Waals surface area (Å²) in [6.07, 6.45) is 0. The van der Waals surface area contributed by atoms with Gasteiger partial charge >= 0.3 is 5.97 Å². The molecule has 1 atom stereocenters.